The van der Waals surface area contributed by atoms with Gasteiger partial charge in [-0.3, -0.25) is 4.98 Å². The van der Waals surface area contributed by atoms with Crippen molar-refractivity contribution in [2.24, 2.45) is 10.1 Å². The first kappa shape index (κ1) is 20.1. The first-order valence-electron chi connectivity index (χ1n) is 9.16. The molecule has 0 N–H and O–H groups in total. The standard InChI is InChI=1S/C22H20N4O2S2/c1-15(18-12-17(27-2)8-9-20(18)28-3)25-26-19(21-7-5-11-29-21)14-30-22(26)24-16-6-4-10-23-13-16/h4-14H,1-3H3. The average molecular weight is 437 g/mol. The fourth-order valence-electron chi connectivity index (χ4n) is 2.90. The fourth-order valence-corrected chi connectivity index (χ4v) is 4.54. The zero-order valence-electron chi connectivity index (χ0n) is 16.8. The van der Waals surface area contributed by atoms with Crippen LogP contribution in [0.15, 0.2) is 75.7 Å². The molecule has 0 aliphatic rings. The largest absolute Gasteiger partial charge is 0.497 e. The topological polar surface area (TPSA) is 61.0 Å². The Balaban J connectivity index is 1.89. The predicted octanol–water partition coefficient (Wildman–Crippen LogP) is 5.20. The SMILES string of the molecule is COc1ccc(OC)c(C(C)=Nn2c(-c3cccs3)csc2=Nc2cccnc2)c1. The molecule has 0 aliphatic carbocycles. The van der Waals surface area contributed by atoms with Crippen molar-refractivity contribution in [3.63, 3.8) is 0 Å². The van der Waals surface area contributed by atoms with Crippen LogP contribution in [-0.2, 0) is 0 Å². The van der Waals surface area contributed by atoms with Crippen LogP contribution in [0.3, 0.4) is 0 Å². The number of ether oxygens (including phenoxy) is 2. The van der Waals surface area contributed by atoms with E-state index >= 15 is 0 Å². The first-order chi connectivity index (χ1) is 14.7. The minimum absolute atomic E-state index is 0.733. The number of rotatable bonds is 6. The molecule has 0 spiro atoms. The Morgan fingerprint density at radius 1 is 1.07 bits per heavy atom. The monoisotopic (exact) mass is 436 g/mol. The van der Waals surface area contributed by atoms with E-state index in [1.807, 2.05) is 48.0 Å². The molecule has 0 unspecified atom stereocenters. The maximum atomic E-state index is 5.54. The first-order valence-corrected chi connectivity index (χ1v) is 10.9. The van der Waals surface area contributed by atoms with Gasteiger partial charge in [-0.05, 0) is 48.7 Å². The number of pyridine rings is 1. The molecule has 3 heterocycles. The van der Waals surface area contributed by atoms with Crippen LogP contribution in [0.4, 0.5) is 5.69 Å². The lowest BCUT2D eigenvalue weighted by Crippen LogP contribution is -2.14. The number of nitrogens with zero attached hydrogens (tertiary/aromatic N) is 4. The summed E-state index contributed by atoms with van der Waals surface area (Å²) in [6.45, 7) is 1.95. The maximum Gasteiger partial charge on any atom is 0.211 e. The maximum absolute atomic E-state index is 5.54. The van der Waals surface area contributed by atoms with E-state index in [-0.39, 0.29) is 0 Å². The van der Waals surface area contributed by atoms with Crippen LogP contribution >= 0.6 is 22.7 Å². The molecule has 0 saturated carbocycles. The second-order valence-electron chi connectivity index (χ2n) is 6.27. The van der Waals surface area contributed by atoms with Crippen molar-refractivity contribution in [3.05, 3.63) is 76.0 Å². The van der Waals surface area contributed by atoms with Crippen LogP contribution < -0.4 is 14.3 Å². The minimum atomic E-state index is 0.733. The molecule has 152 valence electrons. The Morgan fingerprint density at radius 3 is 2.67 bits per heavy atom. The summed E-state index contributed by atoms with van der Waals surface area (Å²) >= 11 is 3.20. The molecule has 0 atom stereocenters. The Hall–Kier alpha value is -3.23. The second kappa shape index (κ2) is 9.06. The molecule has 0 aliphatic heterocycles. The Bertz CT molecular complexity index is 1230. The molecule has 30 heavy (non-hydrogen) atoms. The van der Waals surface area contributed by atoms with Crippen LogP contribution in [0, 0.1) is 0 Å². The van der Waals surface area contributed by atoms with Crippen LogP contribution in [0.5, 0.6) is 11.5 Å². The van der Waals surface area contributed by atoms with Crippen molar-refractivity contribution in [2.45, 2.75) is 6.92 Å². The molecule has 4 rings (SSSR count). The highest BCUT2D eigenvalue weighted by molar-refractivity contribution is 7.14. The molecular weight excluding hydrogens is 416 g/mol. The van der Waals surface area contributed by atoms with E-state index in [0.717, 1.165) is 43.8 Å². The van der Waals surface area contributed by atoms with Crippen LogP contribution in [0.1, 0.15) is 12.5 Å². The normalized spacial score (nSPS) is 12.2. The van der Waals surface area contributed by atoms with Gasteiger partial charge in [-0.15, -0.1) is 22.7 Å². The van der Waals surface area contributed by atoms with Gasteiger partial charge in [-0.1, -0.05) is 6.07 Å². The number of benzene rings is 1. The molecular formula is C22H20N4O2S2. The third-order valence-corrected chi connectivity index (χ3v) is 6.08. The lowest BCUT2D eigenvalue weighted by molar-refractivity contribution is 0.402. The van der Waals surface area contributed by atoms with Gasteiger partial charge in [0.25, 0.3) is 0 Å². The van der Waals surface area contributed by atoms with Gasteiger partial charge < -0.3 is 9.47 Å². The fraction of sp³-hybridized carbons (Fsp3) is 0.136. The minimum Gasteiger partial charge on any atom is -0.497 e. The van der Waals surface area contributed by atoms with E-state index in [2.05, 4.69) is 21.8 Å². The summed E-state index contributed by atoms with van der Waals surface area (Å²) in [4.78, 5) is 10.8. The molecule has 0 saturated heterocycles. The Kier molecular flexibility index (Phi) is 6.06. The summed E-state index contributed by atoms with van der Waals surface area (Å²) in [6, 6.07) is 13.6. The highest BCUT2D eigenvalue weighted by Crippen LogP contribution is 2.27. The number of hydrogen-bond acceptors (Lipinski definition) is 7. The summed E-state index contributed by atoms with van der Waals surface area (Å²) in [6.07, 6.45) is 3.46. The van der Waals surface area contributed by atoms with Gasteiger partial charge in [-0.2, -0.15) is 5.10 Å². The van der Waals surface area contributed by atoms with Crippen molar-refractivity contribution < 1.29 is 9.47 Å². The third kappa shape index (κ3) is 4.19. The summed E-state index contributed by atoms with van der Waals surface area (Å²) in [5.41, 5.74) is 3.41. The summed E-state index contributed by atoms with van der Waals surface area (Å²) < 4.78 is 12.8. The zero-order chi connectivity index (χ0) is 20.9. The van der Waals surface area contributed by atoms with Crippen LogP contribution in [0.2, 0.25) is 0 Å². The highest BCUT2D eigenvalue weighted by Gasteiger charge is 2.13. The van der Waals surface area contributed by atoms with Gasteiger partial charge in [0.1, 0.15) is 11.5 Å². The molecule has 0 amide bonds. The lowest BCUT2D eigenvalue weighted by atomic mass is 10.1. The molecule has 4 aromatic rings. The number of thiophene rings is 1. The smallest absolute Gasteiger partial charge is 0.211 e. The van der Waals surface area contributed by atoms with Crippen LogP contribution in [-0.4, -0.2) is 29.6 Å². The number of aromatic nitrogens is 2. The molecule has 6 nitrogen and oxygen atoms in total. The predicted molar refractivity (Wildman–Crippen MR) is 122 cm³/mol. The van der Waals surface area contributed by atoms with Crippen molar-refractivity contribution in [1.29, 1.82) is 0 Å². The molecule has 0 bridgehead atoms. The average Bonchev–Trinajstić information content (AvgIpc) is 3.44. The van der Waals surface area contributed by atoms with Gasteiger partial charge in [0.2, 0.25) is 4.80 Å². The molecule has 0 fully saturated rings. The van der Waals surface area contributed by atoms with Gasteiger partial charge in [0, 0.05) is 17.1 Å². The van der Waals surface area contributed by atoms with Gasteiger partial charge >= 0.3 is 0 Å². The summed E-state index contributed by atoms with van der Waals surface area (Å²) in [5, 5.41) is 9.05. The van der Waals surface area contributed by atoms with Gasteiger partial charge in [0.15, 0.2) is 0 Å². The number of hydrogen-bond donors (Lipinski definition) is 0. The van der Waals surface area contributed by atoms with Gasteiger partial charge in [-0.25, -0.2) is 9.67 Å². The van der Waals surface area contributed by atoms with Crippen molar-refractivity contribution in [3.8, 4) is 22.1 Å². The summed E-state index contributed by atoms with van der Waals surface area (Å²) in [7, 11) is 3.29. The Morgan fingerprint density at radius 2 is 1.97 bits per heavy atom. The van der Waals surface area contributed by atoms with E-state index in [1.54, 1.807) is 38.0 Å². The highest BCUT2D eigenvalue weighted by atomic mass is 32.1. The van der Waals surface area contributed by atoms with E-state index in [9.17, 15) is 0 Å². The van der Waals surface area contributed by atoms with Crippen molar-refractivity contribution in [2.75, 3.05) is 14.2 Å². The van der Waals surface area contributed by atoms with Gasteiger partial charge in [0.05, 0.1) is 42.4 Å². The van der Waals surface area contributed by atoms with E-state index in [1.165, 1.54) is 11.3 Å². The van der Waals surface area contributed by atoms with E-state index in [0.29, 0.717) is 0 Å². The molecule has 0 radical (unpaired) electrons. The third-order valence-electron chi connectivity index (χ3n) is 4.38. The van der Waals surface area contributed by atoms with Crippen molar-refractivity contribution >= 4 is 34.1 Å². The van der Waals surface area contributed by atoms with E-state index in [4.69, 9.17) is 19.6 Å². The quantitative estimate of drug-likeness (QED) is 0.391. The summed E-state index contributed by atoms with van der Waals surface area (Å²) in [5.74, 6) is 1.48. The van der Waals surface area contributed by atoms with Crippen LogP contribution in [0.25, 0.3) is 10.6 Å². The number of thiazole rings is 1. The zero-order valence-corrected chi connectivity index (χ0v) is 18.4. The van der Waals surface area contributed by atoms with E-state index < -0.39 is 0 Å². The molecule has 8 heteroatoms. The van der Waals surface area contributed by atoms with Crippen molar-refractivity contribution in [1.82, 2.24) is 9.66 Å². The molecule has 1 aromatic carbocycles. The molecule has 3 aromatic heterocycles. The second-order valence-corrected chi connectivity index (χ2v) is 8.05. The lowest BCUT2D eigenvalue weighted by Gasteiger charge is -2.11. The number of methoxy groups -OCH3 is 2. The Labute approximate surface area is 182 Å².